The molecule has 1 fully saturated rings. The van der Waals surface area contributed by atoms with Gasteiger partial charge >= 0.3 is 0 Å². The van der Waals surface area contributed by atoms with Crippen molar-refractivity contribution < 1.29 is 13.9 Å². The van der Waals surface area contributed by atoms with Gasteiger partial charge in [-0.25, -0.2) is 14.4 Å². The first-order chi connectivity index (χ1) is 8.72. The Hall–Kier alpha value is -1.27. The molecule has 1 unspecified atom stereocenters. The molecule has 1 N–H and O–H groups in total. The highest BCUT2D eigenvalue weighted by Crippen LogP contribution is 2.21. The maximum Gasteiger partial charge on any atom is 0.186 e. The monoisotopic (exact) mass is 255 g/mol. The third kappa shape index (κ3) is 2.94. The molecule has 1 saturated heterocycles. The summed E-state index contributed by atoms with van der Waals surface area (Å²) in [6.45, 7) is 5.83. The van der Waals surface area contributed by atoms with Crippen molar-refractivity contribution in [3.8, 4) is 0 Å². The van der Waals surface area contributed by atoms with Crippen LogP contribution in [0.25, 0.3) is 0 Å². The van der Waals surface area contributed by atoms with Crippen molar-refractivity contribution in [3.05, 3.63) is 17.3 Å². The van der Waals surface area contributed by atoms with Crippen molar-refractivity contribution in [1.29, 1.82) is 0 Å². The average Bonchev–Trinajstić information content (AvgIpc) is 2.41. The van der Waals surface area contributed by atoms with E-state index in [4.69, 9.17) is 9.47 Å². The van der Waals surface area contributed by atoms with Crippen LogP contribution in [0, 0.1) is 12.7 Å². The van der Waals surface area contributed by atoms with Gasteiger partial charge in [-0.1, -0.05) is 6.92 Å². The van der Waals surface area contributed by atoms with Crippen molar-refractivity contribution in [2.24, 2.45) is 0 Å². The van der Waals surface area contributed by atoms with Crippen LogP contribution in [-0.2, 0) is 9.47 Å². The first-order valence-corrected chi connectivity index (χ1v) is 6.19. The lowest BCUT2D eigenvalue weighted by Crippen LogP contribution is -2.24. The number of hydrogen-bond acceptors (Lipinski definition) is 5. The molecule has 1 aromatic rings. The number of halogens is 1. The molecular weight excluding hydrogens is 237 g/mol. The number of ether oxygens (including phenoxy) is 2. The fourth-order valence-corrected chi connectivity index (χ4v) is 1.72. The summed E-state index contributed by atoms with van der Waals surface area (Å²) in [5.41, 5.74) is 0.327. The van der Waals surface area contributed by atoms with Gasteiger partial charge in [-0.15, -0.1) is 0 Å². The normalized spacial score (nSPS) is 19.8. The Kier molecular flexibility index (Phi) is 4.43. The van der Waals surface area contributed by atoms with Crippen LogP contribution in [0.5, 0.6) is 0 Å². The number of rotatable bonds is 4. The third-order valence-corrected chi connectivity index (χ3v) is 2.68. The number of hydrogen-bond donors (Lipinski definition) is 1. The molecule has 1 aliphatic rings. The highest BCUT2D eigenvalue weighted by molar-refractivity contribution is 5.38. The number of nitrogens with zero attached hydrogens (tertiary/aromatic N) is 2. The third-order valence-electron chi connectivity index (χ3n) is 2.68. The van der Waals surface area contributed by atoms with E-state index in [9.17, 15) is 4.39 Å². The lowest BCUT2D eigenvalue weighted by atomic mass is 10.3. The van der Waals surface area contributed by atoms with E-state index in [0.717, 1.165) is 6.42 Å². The highest BCUT2D eigenvalue weighted by Gasteiger charge is 2.22. The maximum atomic E-state index is 13.8. The molecule has 2 rings (SSSR count). The van der Waals surface area contributed by atoms with Gasteiger partial charge in [0, 0.05) is 6.54 Å². The summed E-state index contributed by atoms with van der Waals surface area (Å²) in [4.78, 5) is 8.33. The fraction of sp³-hybridized carbons (Fsp3) is 0.667. The molecule has 6 heteroatoms. The lowest BCUT2D eigenvalue weighted by Gasteiger charge is -2.22. The molecule has 1 aromatic heterocycles. The van der Waals surface area contributed by atoms with Gasteiger partial charge in [0.05, 0.1) is 25.5 Å². The van der Waals surface area contributed by atoms with Crippen molar-refractivity contribution in [3.63, 3.8) is 0 Å². The Morgan fingerprint density at radius 2 is 2.22 bits per heavy atom. The van der Waals surface area contributed by atoms with Gasteiger partial charge in [-0.05, 0) is 13.3 Å². The molecule has 5 nitrogen and oxygen atoms in total. The topological polar surface area (TPSA) is 56.3 Å². The van der Waals surface area contributed by atoms with Gasteiger partial charge < -0.3 is 14.8 Å². The zero-order valence-electron chi connectivity index (χ0n) is 10.7. The van der Waals surface area contributed by atoms with Crippen LogP contribution in [0.4, 0.5) is 10.2 Å². The molecule has 0 saturated carbocycles. The quantitative estimate of drug-likeness (QED) is 0.889. The average molecular weight is 255 g/mol. The Morgan fingerprint density at radius 3 is 2.89 bits per heavy atom. The van der Waals surface area contributed by atoms with Gasteiger partial charge in [-0.3, -0.25) is 0 Å². The van der Waals surface area contributed by atoms with Crippen molar-refractivity contribution >= 4 is 5.82 Å². The zero-order chi connectivity index (χ0) is 13.0. The molecule has 0 bridgehead atoms. The van der Waals surface area contributed by atoms with Crippen LogP contribution in [-0.4, -0.2) is 36.3 Å². The largest absolute Gasteiger partial charge is 0.376 e. The van der Waals surface area contributed by atoms with Gasteiger partial charge in [0.1, 0.15) is 6.10 Å². The van der Waals surface area contributed by atoms with Crippen LogP contribution in [0.15, 0.2) is 0 Å². The van der Waals surface area contributed by atoms with Gasteiger partial charge in [-0.2, -0.15) is 0 Å². The predicted octanol–water partition coefficient (Wildman–Crippen LogP) is 1.83. The number of aromatic nitrogens is 2. The summed E-state index contributed by atoms with van der Waals surface area (Å²) in [6.07, 6.45) is 0.598. The van der Waals surface area contributed by atoms with Crippen LogP contribution in [0.2, 0.25) is 0 Å². The van der Waals surface area contributed by atoms with E-state index >= 15 is 0 Å². The maximum absolute atomic E-state index is 13.8. The Balaban J connectivity index is 2.22. The molecule has 0 radical (unpaired) electrons. The number of aryl methyl sites for hydroxylation is 1. The Labute approximate surface area is 106 Å². The summed E-state index contributed by atoms with van der Waals surface area (Å²) in [7, 11) is 0. The summed E-state index contributed by atoms with van der Waals surface area (Å²) in [5.74, 6) is 0.324. The molecule has 2 heterocycles. The molecule has 1 aliphatic heterocycles. The van der Waals surface area contributed by atoms with Crippen LogP contribution in [0.3, 0.4) is 0 Å². The first-order valence-electron chi connectivity index (χ1n) is 6.19. The molecule has 100 valence electrons. The fourth-order valence-electron chi connectivity index (χ4n) is 1.72. The second kappa shape index (κ2) is 6.06. The number of anilines is 1. The second-order valence-electron chi connectivity index (χ2n) is 4.19. The number of nitrogens with one attached hydrogen (secondary N) is 1. The molecule has 18 heavy (non-hydrogen) atoms. The smallest absolute Gasteiger partial charge is 0.186 e. The Morgan fingerprint density at radius 1 is 1.39 bits per heavy atom. The van der Waals surface area contributed by atoms with Gasteiger partial charge in [0.2, 0.25) is 0 Å². The molecule has 0 amide bonds. The Bertz CT molecular complexity index is 409. The molecule has 0 spiro atoms. The van der Waals surface area contributed by atoms with E-state index in [2.05, 4.69) is 15.3 Å². The van der Waals surface area contributed by atoms with Crippen LogP contribution < -0.4 is 5.32 Å². The summed E-state index contributed by atoms with van der Waals surface area (Å²) in [6, 6.07) is 0. The van der Waals surface area contributed by atoms with Gasteiger partial charge in [0.15, 0.2) is 17.5 Å². The minimum atomic E-state index is -0.399. The SMILES string of the molecule is CCCNc1nc(C2COCCO2)nc(C)c1F. The molecular formula is C12H18FN3O2. The molecule has 0 aliphatic carbocycles. The summed E-state index contributed by atoms with van der Waals surface area (Å²) in [5, 5.41) is 2.96. The van der Waals surface area contributed by atoms with E-state index in [0.29, 0.717) is 37.9 Å². The molecule has 0 aromatic carbocycles. The van der Waals surface area contributed by atoms with E-state index in [1.165, 1.54) is 0 Å². The van der Waals surface area contributed by atoms with Crippen molar-refractivity contribution in [2.75, 3.05) is 31.7 Å². The van der Waals surface area contributed by atoms with E-state index in [-0.39, 0.29) is 11.9 Å². The van der Waals surface area contributed by atoms with Crippen molar-refractivity contribution in [1.82, 2.24) is 9.97 Å². The molecule has 1 atom stereocenters. The van der Waals surface area contributed by atoms with Crippen LogP contribution in [0.1, 0.15) is 31.0 Å². The van der Waals surface area contributed by atoms with Gasteiger partial charge in [0.25, 0.3) is 0 Å². The second-order valence-corrected chi connectivity index (χ2v) is 4.19. The minimum absolute atomic E-state index is 0.244. The highest BCUT2D eigenvalue weighted by atomic mass is 19.1. The van der Waals surface area contributed by atoms with E-state index < -0.39 is 5.82 Å². The minimum Gasteiger partial charge on any atom is -0.376 e. The van der Waals surface area contributed by atoms with Crippen molar-refractivity contribution in [2.45, 2.75) is 26.4 Å². The first kappa shape index (κ1) is 13.2. The lowest BCUT2D eigenvalue weighted by molar-refractivity contribution is -0.0935. The summed E-state index contributed by atoms with van der Waals surface area (Å²) >= 11 is 0. The van der Waals surface area contributed by atoms with Crippen LogP contribution >= 0.6 is 0 Å². The standard InChI is InChI=1S/C12H18FN3O2/c1-3-4-14-12-10(13)8(2)15-11(16-12)9-7-17-5-6-18-9/h9H,3-7H2,1-2H3,(H,14,15,16). The zero-order valence-corrected chi connectivity index (χ0v) is 10.7. The summed E-state index contributed by atoms with van der Waals surface area (Å²) < 4.78 is 24.6. The predicted molar refractivity (Wildman–Crippen MR) is 65.0 cm³/mol. The van der Waals surface area contributed by atoms with E-state index in [1.807, 2.05) is 6.92 Å². The van der Waals surface area contributed by atoms with E-state index in [1.54, 1.807) is 6.92 Å².